The van der Waals surface area contributed by atoms with Gasteiger partial charge in [0.15, 0.2) is 0 Å². The molecule has 0 spiro atoms. The lowest BCUT2D eigenvalue weighted by Crippen LogP contribution is -2.14. The molecule has 0 aliphatic rings. The molecule has 20 heavy (non-hydrogen) atoms. The van der Waals surface area contributed by atoms with Gasteiger partial charge in [0, 0.05) is 37.5 Å². The van der Waals surface area contributed by atoms with E-state index in [0.29, 0.717) is 6.61 Å². The molecule has 0 aliphatic heterocycles. The molecule has 4 heteroatoms. The minimum atomic E-state index is 0.290. The van der Waals surface area contributed by atoms with Gasteiger partial charge in [0.05, 0.1) is 5.69 Å². The van der Waals surface area contributed by atoms with Crippen molar-refractivity contribution in [2.24, 2.45) is 7.05 Å². The molecule has 0 radical (unpaired) electrons. The van der Waals surface area contributed by atoms with Crippen molar-refractivity contribution in [3.63, 3.8) is 0 Å². The molecule has 1 aromatic carbocycles. The van der Waals surface area contributed by atoms with Gasteiger partial charge in [-0.05, 0) is 13.0 Å². The fourth-order valence-electron chi connectivity index (χ4n) is 2.06. The van der Waals surface area contributed by atoms with Gasteiger partial charge in [-0.1, -0.05) is 24.1 Å². The van der Waals surface area contributed by atoms with Crippen LogP contribution in [0.15, 0.2) is 30.5 Å². The molecule has 0 bridgehead atoms. The average molecular weight is 269 g/mol. The van der Waals surface area contributed by atoms with E-state index in [1.165, 1.54) is 5.56 Å². The van der Waals surface area contributed by atoms with Crippen molar-refractivity contribution in [3.8, 4) is 18.1 Å². The summed E-state index contributed by atoms with van der Waals surface area (Å²) in [5.41, 5.74) is 3.36. The molecule has 0 saturated carbocycles. The molecular formula is C16H19N3O. The Hall–Kier alpha value is -2.25. The monoisotopic (exact) mass is 269 g/mol. The Morgan fingerprint density at radius 2 is 2.05 bits per heavy atom. The second-order valence-electron chi connectivity index (χ2n) is 4.62. The summed E-state index contributed by atoms with van der Waals surface area (Å²) in [4.78, 5) is 0. The zero-order valence-electron chi connectivity index (χ0n) is 11.9. The fourth-order valence-corrected chi connectivity index (χ4v) is 2.06. The van der Waals surface area contributed by atoms with Crippen LogP contribution in [0.4, 0.5) is 0 Å². The predicted octanol–water partition coefficient (Wildman–Crippen LogP) is 2.03. The molecular weight excluding hydrogens is 250 g/mol. The van der Waals surface area contributed by atoms with Gasteiger partial charge in [0.2, 0.25) is 0 Å². The van der Waals surface area contributed by atoms with Gasteiger partial charge >= 0.3 is 0 Å². The summed E-state index contributed by atoms with van der Waals surface area (Å²) in [5.74, 6) is 3.32. The molecule has 0 aliphatic carbocycles. The number of hydrogen-bond acceptors (Lipinski definition) is 3. The topological polar surface area (TPSA) is 39.1 Å². The van der Waals surface area contributed by atoms with Crippen molar-refractivity contribution < 1.29 is 4.74 Å². The van der Waals surface area contributed by atoms with Gasteiger partial charge in [0.25, 0.3) is 0 Å². The molecule has 0 atom stereocenters. The van der Waals surface area contributed by atoms with Gasteiger partial charge < -0.3 is 10.1 Å². The second kappa shape index (κ2) is 6.78. The maximum absolute atomic E-state index is 5.52. The Balaban J connectivity index is 1.94. The molecule has 2 rings (SSSR count). The molecule has 0 saturated heterocycles. The van der Waals surface area contributed by atoms with Crippen molar-refractivity contribution in [2.75, 3.05) is 6.61 Å². The van der Waals surface area contributed by atoms with Crippen LogP contribution in [0, 0.1) is 19.3 Å². The predicted molar refractivity (Wildman–Crippen MR) is 79.3 cm³/mol. The summed E-state index contributed by atoms with van der Waals surface area (Å²) in [6.45, 7) is 3.82. The first kappa shape index (κ1) is 14.2. The lowest BCUT2D eigenvalue weighted by Gasteiger charge is -2.10. The molecule has 0 fully saturated rings. The summed E-state index contributed by atoms with van der Waals surface area (Å²) >= 11 is 0. The van der Waals surface area contributed by atoms with E-state index >= 15 is 0 Å². The highest BCUT2D eigenvalue weighted by Gasteiger charge is 2.05. The summed E-state index contributed by atoms with van der Waals surface area (Å²) in [6.07, 6.45) is 7.25. The molecule has 0 amide bonds. The van der Waals surface area contributed by atoms with E-state index in [0.717, 1.165) is 30.1 Å². The number of hydrogen-bond donors (Lipinski definition) is 1. The second-order valence-corrected chi connectivity index (χ2v) is 4.62. The fraction of sp³-hybridized carbons (Fsp3) is 0.312. The molecule has 2 aromatic rings. The van der Waals surface area contributed by atoms with Crippen molar-refractivity contribution in [3.05, 3.63) is 47.3 Å². The third kappa shape index (κ3) is 3.62. The van der Waals surface area contributed by atoms with Crippen LogP contribution in [0.3, 0.4) is 0 Å². The SMILES string of the molecule is C#CCOc1ccccc1CNCc1cn(C)nc1C. The zero-order chi connectivity index (χ0) is 14.4. The van der Waals surface area contributed by atoms with Crippen LogP contribution in [0.2, 0.25) is 0 Å². The molecule has 0 unspecified atom stereocenters. The number of aromatic nitrogens is 2. The van der Waals surface area contributed by atoms with E-state index in [-0.39, 0.29) is 0 Å². The lowest BCUT2D eigenvalue weighted by atomic mass is 10.2. The van der Waals surface area contributed by atoms with E-state index in [9.17, 15) is 0 Å². The van der Waals surface area contributed by atoms with Crippen molar-refractivity contribution in [1.82, 2.24) is 15.1 Å². The Bertz CT molecular complexity index is 610. The van der Waals surface area contributed by atoms with Crippen molar-refractivity contribution >= 4 is 0 Å². The Labute approximate surface area is 119 Å². The van der Waals surface area contributed by atoms with Crippen LogP contribution in [0.25, 0.3) is 0 Å². The van der Waals surface area contributed by atoms with Gasteiger partial charge in [-0.25, -0.2) is 0 Å². The summed E-state index contributed by atoms with van der Waals surface area (Å²) in [7, 11) is 1.93. The molecule has 1 aromatic heterocycles. The number of benzene rings is 1. The van der Waals surface area contributed by atoms with Gasteiger partial charge in [-0.15, -0.1) is 6.42 Å². The van der Waals surface area contributed by atoms with Crippen molar-refractivity contribution in [1.29, 1.82) is 0 Å². The maximum atomic E-state index is 5.52. The number of rotatable bonds is 6. The van der Waals surface area contributed by atoms with Gasteiger partial charge in [0.1, 0.15) is 12.4 Å². The van der Waals surface area contributed by atoms with E-state index in [1.807, 2.05) is 49.1 Å². The summed E-state index contributed by atoms with van der Waals surface area (Å²) in [5, 5.41) is 7.73. The zero-order valence-corrected chi connectivity index (χ0v) is 11.9. The number of para-hydroxylation sites is 1. The normalized spacial score (nSPS) is 10.2. The van der Waals surface area contributed by atoms with Crippen LogP contribution in [0.5, 0.6) is 5.75 Å². The van der Waals surface area contributed by atoms with E-state index in [1.54, 1.807) is 0 Å². The highest BCUT2D eigenvalue weighted by molar-refractivity contribution is 5.33. The number of terminal acetylenes is 1. The third-order valence-corrected chi connectivity index (χ3v) is 3.03. The number of nitrogens with zero attached hydrogens (tertiary/aromatic N) is 2. The van der Waals surface area contributed by atoms with E-state index in [4.69, 9.17) is 11.2 Å². The largest absolute Gasteiger partial charge is 0.481 e. The Morgan fingerprint density at radius 3 is 2.75 bits per heavy atom. The van der Waals surface area contributed by atoms with Crippen LogP contribution >= 0.6 is 0 Å². The van der Waals surface area contributed by atoms with Crippen LogP contribution < -0.4 is 10.1 Å². The molecule has 1 heterocycles. The summed E-state index contributed by atoms with van der Waals surface area (Å²) < 4.78 is 7.35. The number of nitrogens with one attached hydrogen (secondary N) is 1. The number of aryl methyl sites for hydroxylation is 2. The first-order chi connectivity index (χ1) is 9.70. The van der Waals surface area contributed by atoms with Crippen LogP contribution in [0.1, 0.15) is 16.8 Å². The highest BCUT2D eigenvalue weighted by atomic mass is 16.5. The minimum Gasteiger partial charge on any atom is -0.481 e. The highest BCUT2D eigenvalue weighted by Crippen LogP contribution is 2.17. The standard InChI is InChI=1S/C16H19N3O/c1-4-9-20-16-8-6-5-7-14(16)10-17-11-15-12-19(3)18-13(15)2/h1,5-8,12,17H,9-11H2,2-3H3. The van der Waals surface area contributed by atoms with Crippen LogP contribution in [-0.4, -0.2) is 16.4 Å². The molecule has 1 N–H and O–H groups in total. The summed E-state index contributed by atoms with van der Waals surface area (Å²) in [6, 6.07) is 7.91. The van der Waals surface area contributed by atoms with Gasteiger partial charge in [-0.2, -0.15) is 5.10 Å². The van der Waals surface area contributed by atoms with E-state index < -0.39 is 0 Å². The van der Waals surface area contributed by atoms with E-state index in [2.05, 4.69) is 16.3 Å². The molecule has 104 valence electrons. The first-order valence-electron chi connectivity index (χ1n) is 6.54. The average Bonchev–Trinajstić information content (AvgIpc) is 2.76. The molecule has 4 nitrogen and oxygen atoms in total. The van der Waals surface area contributed by atoms with Gasteiger partial charge in [-0.3, -0.25) is 4.68 Å². The van der Waals surface area contributed by atoms with Crippen LogP contribution in [-0.2, 0) is 20.1 Å². The Morgan fingerprint density at radius 1 is 1.30 bits per heavy atom. The quantitative estimate of drug-likeness (QED) is 0.816. The smallest absolute Gasteiger partial charge is 0.148 e. The minimum absolute atomic E-state index is 0.290. The van der Waals surface area contributed by atoms with Crippen molar-refractivity contribution in [2.45, 2.75) is 20.0 Å². The number of ether oxygens (including phenoxy) is 1. The maximum Gasteiger partial charge on any atom is 0.148 e. The first-order valence-corrected chi connectivity index (χ1v) is 6.54. The lowest BCUT2D eigenvalue weighted by molar-refractivity contribution is 0.365. The third-order valence-electron chi connectivity index (χ3n) is 3.03. The Kier molecular flexibility index (Phi) is 4.80.